The van der Waals surface area contributed by atoms with Crippen LogP contribution in [0.4, 0.5) is 0 Å². The summed E-state index contributed by atoms with van der Waals surface area (Å²) in [4.78, 5) is 14.6. The summed E-state index contributed by atoms with van der Waals surface area (Å²) in [5.74, 6) is 0.144. The van der Waals surface area contributed by atoms with Gasteiger partial charge < -0.3 is 10.2 Å². The second-order valence-corrected chi connectivity index (χ2v) is 5.90. The molecule has 19 heavy (non-hydrogen) atoms. The Morgan fingerprint density at radius 3 is 2.84 bits per heavy atom. The van der Waals surface area contributed by atoms with E-state index in [1.54, 1.807) is 0 Å². The first-order valence-electron chi connectivity index (χ1n) is 7.07. The van der Waals surface area contributed by atoms with Crippen LogP contribution in [-0.4, -0.2) is 29.9 Å². The molecule has 0 saturated carbocycles. The van der Waals surface area contributed by atoms with Crippen LogP contribution in [0.5, 0.6) is 0 Å². The molecule has 1 aromatic rings. The number of rotatable bonds is 3. The van der Waals surface area contributed by atoms with E-state index in [1.165, 1.54) is 11.1 Å². The molecule has 0 aliphatic carbocycles. The fraction of sp³-hybridized carbons (Fsp3) is 0.562. The normalized spacial score (nSPS) is 14.9. The Hall–Kier alpha value is -1.35. The fourth-order valence-corrected chi connectivity index (χ4v) is 2.43. The SMILES string of the molecule is CCC(C)(C)N(C)C(=O)c1cccc2c1CCNC2. The van der Waals surface area contributed by atoms with Gasteiger partial charge in [-0.1, -0.05) is 19.1 Å². The van der Waals surface area contributed by atoms with E-state index in [0.717, 1.165) is 31.5 Å². The van der Waals surface area contributed by atoms with Gasteiger partial charge in [-0.25, -0.2) is 0 Å². The predicted octanol–water partition coefficient (Wildman–Crippen LogP) is 2.59. The molecule has 2 rings (SSSR count). The van der Waals surface area contributed by atoms with Gasteiger partial charge in [0.1, 0.15) is 0 Å². The van der Waals surface area contributed by atoms with Crippen LogP contribution < -0.4 is 5.32 Å². The second kappa shape index (κ2) is 5.33. The fourth-order valence-electron chi connectivity index (χ4n) is 2.43. The van der Waals surface area contributed by atoms with Crippen molar-refractivity contribution in [1.29, 1.82) is 0 Å². The first kappa shape index (κ1) is 14.1. The largest absolute Gasteiger partial charge is 0.337 e. The van der Waals surface area contributed by atoms with Gasteiger partial charge in [-0.15, -0.1) is 0 Å². The summed E-state index contributed by atoms with van der Waals surface area (Å²) in [6, 6.07) is 6.07. The number of fused-ring (bicyclic) bond motifs is 1. The van der Waals surface area contributed by atoms with Crippen LogP contribution >= 0.6 is 0 Å². The highest BCUT2D eigenvalue weighted by molar-refractivity contribution is 5.96. The Morgan fingerprint density at radius 1 is 1.42 bits per heavy atom. The van der Waals surface area contributed by atoms with Crippen LogP contribution in [0.3, 0.4) is 0 Å². The average Bonchev–Trinajstić information content (AvgIpc) is 2.45. The highest BCUT2D eigenvalue weighted by Gasteiger charge is 2.28. The quantitative estimate of drug-likeness (QED) is 0.906. The van der Waals surface area contributed by atoms with Crippen LogP contribution in [0, 0.1) is 0 Å². The monoisotopic (exact) mass is 260 g/mol. The molecule has 0 atom stereocenters. The molecule has 0 radical (unpaired) electrons. The first-order chi connectivity index (χ1) is 8.97. The van der Waals surface area contributed by atoms with Crippen LogP contribution in [-0.2, 0) is 13.0 Å². The molecular weight excluding hydrogens is 236 g/mol. The molecular formula is C16H24N2O. The third-order valence-electron chi connectivity index (χ3n) is 4.45. The van der Waals surface area contributed by atoms with Crippen LogP contribution in [0.1, 0.15) is 48.7 Å². The molecule has 0 saturated heterocycles. The summed E-state index contributed by atoms with van der Waals surface area (Å²) in [5.41, 5.74) is 3.26. The molecule has 0 spiro atoms. The minimum atomic E-state index is -0.104. The second-order valence-electron chi connectivity index (χ2n) is 5.90. The lowest BCUT2D eigenvalue weighted by Crippen LogP contribution is -2.45. The number of nitrogens with zero attached hydrogens (tertiary/aromatic N) is 1. The molecule has 3 nitrogen and oxygen atoms in total. The van der Waals surface area contributed by atoms with Crippen molar-refractivity contribution in [3.8, 4) is 0 Å². The minimum Gasteiger partial charge on any atom is -0.337 e. The lowest BCUT2D eigenvalue weighted by molar-refractivity contribution is 0.0619. The number of nitrogens with one attached hydrogen (secondary N) is 1. The lowest BCUT2D eigenvalue weighted by Gasteiger charge is -2.35. The van der Waals surface area contributed by atoms with E-state index in [0.29, 0.717) is 0 Å². The zero-order valence-corrected chi connectivity index (χ0v) is 12.4. The lowest BCUT2D eigenvalue weighted by atomic mass is 9.93. The van der Waals surface area contributed by atoms with Crippen molar-refractivity contribution < 1.29 is 4.79 Å². The molecule has 0 fully saturated rings. The molecule has 104 valence electrons. The van der Waals surface area contributed by atoms with E-state index in [-0.39, 0.29) is 11.4 Å². The molecule has 0 bridgehead atoms. The summed E-state index contributed by atoms with van der Waals surface area (Å²) in [6.45, 7) is 8.17. The first-order valence-corrected chi connectivity index (χ1v) is 7.07. The number of hydrogen-bond acceptors (Lipinski definition) is 2. The number of amides is 1. The van der Waals surface area contributed by atoms with E-state index in [2.05, 4.69) is 32.2 Å². The van der Waals surface area contributed by atoms with Crippen molar-refractivity contribution in [3.05, 3.63) is 34.9 Å². The molecule has 0 unspecified atom stereocenters. The molecule has 1 heterocycles. The third kappa shape index (κ3) is 2.66. The van der Waals surface area contributed by atoms with Gasteiger partial charge in [0.2, 0.25) is 0 Å². The summed E-state index contributed by atoms with van der Waals surface area (Å²) in [7, 11) is 1.91. The van der Waals surface area contributed by atoms with Crippen molar-refractivity contribution >= 4 is 5.91 Å². The van der Waals surface area contributed by atoms with Gasteiger partial charge in [0.05, 0.1) is 0 Å². The zero-order valence-electron chi connectivity index (χ0n) is 12.4. The maximum atomic E-state index is 12.7. The Bertz CT molecular complexity index is 480. The van der Waals surface area contributed by atoms with Crippen molar-refractivity contribution in [2.24, 2.45) is 0 Å². The van der Waals surface area contributed by atoms with Crippen LogP contribution in [0.2, 0.25) is 0 Å². The van der Waals surface area contributed by atoms with Gasteiger partial charge in [0, 0.05) is 24.7 Å². The molecule has 1 aliphatic rings. The van der Waals surface area contributed by atoms with Crippen molar-refractivity contribution in [3.63, 3.8) is 0 Å². The third-order valence-corrected chi connectivity index (χ3v) is 4.45. The van der Waals surface area contributed by atoms with E-state index in [1.807, 2.05) is 24.1 Å². The van der Waals surface area contributed by atoms with Gasteiger partial charge in [0.25, 0.3) is 5.91 Å². The molecule has 1 aromatic carbocycles. The Balaban J connectivity index is 2.34. The molecule has 1 aliphatic heterocycles. The Morgan fingerprint density at radius 2 is 2.16 bits per heavy atom. The Labute approximate surface area is 116 Å². The number of carbonyl (C=O) groups is 1. The smallest absolute Gasteiger partial charge is 0.254 e. The molecule has 1 N–H and O–H groups in total. The maximum absolute atomic E-state index is 12.7. The van der Waals surface area contributed by atoms with Crippen molar-refractivity contribution in [2.45, 2.75) is 45.7 Å². The van der Waals surface area contributed by atoms with Gasteiger partial charge in [-0.2, -0.15) is 0 Å². The number of benzene rings is 1. The van der Waals surface area contributed by atoms with Crippen molar-refractivity contribution in [1.82, 2.24) is 10.2 Å². The van der Waals surface area contributed by atoms with Gasteiger partial charge in [-0.05, 0) is 50.4 Å². The summed E-state index contributed by atoms with van der Waals surface area (Å²) in [5, 5.41) is 3.35. The van der Waals surface area contributed by atoms with Gasteiger partial charge in [0.15, 0.2) is 0 Å². The van der Waals surface area contributed by atoms with E-state index in [9.17, 15) is 4.79 Å². The highest BCUT2D eigenvalue weighted by atomic mass is 16.2. The van der Waals surface area contributed by atoms with Gasteiger partial charge >= 0.3 is 0 Å². The Kier molecular flexibility index (Phi) is 3.95. The summed E-state index contributed by atoms with van der Waals surface area (Å²) in [6.07, 6.45) is 1.89. The molecule has 0 aromatic heterocycles. The number of hydrogen-bond donors (Lipinski definition) is 1. The van der Waals surface area contributed by atoms with E-state index in [4.69, 9.17) is 0 Å². The predicted molar refractivity (Wildman–Crippen MR) is 78.3 cm³/mol. The molecule has 1 amide bonds. The van der Waals surface area contributed by atoms with Crippen LogP contribution in [0.15, 0.2) is 18.2 Å². The maximum Gasteiger partial charge on any atom is 0.254 e. The summed E-state index contributed by atoms with van der Waals surface area (Å²) >= 11 is 0. The average molecular weight is 260 g/mol. The van der Waals surface area contributed by atoms with Crippen molar-refractivity contribution in [2.75, 3.05) is 13.6 Å². The topological polar surface area (TPSA) is 32.3 Å². The summed E-state index contributed by atoms with van der Waals surface area (Å²) < 4.78 is 0. The minimum absolute atomic E-state index is 0.104. The zero-order chi connectivity index (χ0) is 14.0. The highest BCUT2D eigenvalue weighted by Crippen LogP contribution is 2.24. The standard InChI is InChI=1S/C16H24N2O/c1-5-16(2,3)18(4)15(19)14-8-6-7-12-11-17-10-9-13(12)14/h6-8,17H,5,9-11H2,1-4H3. The van der Waals surface area contributed by atoms with E-state index < -0.39 is 0 Å². The number of carbonyl (C=O) groups excluding carboxylic acids is 1. The molecule has 3 heteroatoms. The van der Waals surface area contributed by atoms with E-state index >= 15 is 0 Å². The van der Waals surface area contributed by atoms with Gasteiger partial charge in [-0.3, -0.25) is 4.79 Å². The van der Waals surface area contributed by atoms with Crippen LogP contribution in [0.25, 0.3) is 0 Å².